The summed E-state index contributed by atoms with van der Waals surface area (Å²) in [5, 5.41) is 3.37. The molecule has 3 aromatic rings. The molecule has 0 aliphatic heterocycles. The maximum Gasteiger partial charge on any atom is 0.374 e. The van der Waals surface area contributed by atoms with Gasteiger partial charge in [-0.1, -0.05) is 12.1 Å². The Morgan fingerprint density at radius 3 is 2.74 bits per heavy atom. The standard InChI is InChI=1S/C22H19NO7S/c1-2-28-22(27)19-13-7-5-9-17(13)31-20(19)23-18(25)11-29-21(26)16-10-14(24)12-6-3-4-8-15(12)30-16/h3-4,6,8,10H,2,5,7,9,11H2,1H3,(H,23,25). The molecule has 0 fully saturated rings. The van der Waals surface area contributed by atoms with Gasteiger partial charge in [0.1, 0.15) is 10.6 Å². The Balaban J connectivity index is 1.45. The molecule has 2 heterocycles. The van der Waals surface area contributed by atoms with Gasteiger partial charge in [-0.25, -0.2) is 9.59 Å². The van der Waals surface area contributed by atoms with E-state index in [1.54, 1.807) is 31.2 Å². The minimum atomic E-state index is -0.933. The van der Waals surface area contributed by atoms with Gasteiger partial charge in [0.05, 0.1) is 17.6 Å². The van der Waals surface area contributed by atoms with Gasteiger partial charge in [0.15, 0.2) is 12.0 Å². The van der Waals surface area contributed by atoms with Crippen LogP contribution in [0.15, 0.2) is 39.5 Å². The second-order valence-corrected chi connectivity index (χ2v) is 7.98. The number of carbonyl (C=O) groups excluding carboxylic acids is 3. The topological polar surface area (TPSA) is 112 Å². The molecule has 8 nitrogen and oxygen atoms in total. The van der Waals surface area contributed by atoms with E-state index in [1.165, 1.54) is 11.3 Å². The predicted octanol–water partition coefficient (Wildman–Crippen LogP) is 3.32. The van der Waals surface area contributed by atoms with E-state index in [2.05, 4.69) is 5.32 Å². The summed E-state index contributed by atoms with van der Waals surface area (Å²) in [5.74, 6) is -2.31. The van der Waals surface area contributed by atoms with Gasteiger partial charge in [-0.15, -0.1) is 11.3 Å². The summed E-state index contributed by atoms with van der Waals surface area (Å²) in [6.07, 6.45) is 2.56. The number of hydrogen-bond donors (Lipinski definition) is 1. The largest absolute Gasteiger partial charge is 0.462 e. The van der Waals surface area contributed by atoms with Gasteiger partial charge in [0.25, 0.3) is 5.91 Å². The van der Waals surface area contributed by atoms with E-state index in [4.69, 9.17) is 13.9 Å². The maximum absolute atomic E-state index is 12.4. The Morgan fingerprint density at radius 1 is 1.13 bits per heavy atom. The van der Waals surface area contributed by atoms with Crippen LogP contribution in [0.1, 0.15) is 44.7 Å². The molecule has 0 bridgehead atoms. The molecule has 1 N–H and O–H groups in total. The molecule has 2 aromatic heterocycles. The van der Waals surface area contributed by atoms with Crippen molar-refractivity contribution in [1.82, 2.24) is 0 Å². The van der Waals surface area contributed by atoms with Crippen LogP contribution in [0.5, 0.6) is 0 Å². The predicted molar refractivity (Wildman–Crippen MR) is 114 cm³/mol. The second-order valence-electron chi connectivity index (χ2n) is 6.88. The van der Waals surface area contributed by atoms with Crippen molar-refractivity contribution in [3.8, 4) is 0 Å². The lowest BCUT2D eigenvalue weighted by molar-refractivity contribution is -0.119. The van der Waals surface area contributed by atoms with Crippen molar-refractivity contribution < 1.29 is 28.3 Å². The summed E-state index contributed by atoms with van der Waals surface area (Å²) in [4.78, 5) is 50.2. The van der Waals surface area contributed by atoms with Gasteiger partial charge in [0.2, 0.25) is 5.76 Å². The number of amides is 1. The first-order valence-corrected chi connectivity index (χ1v) is 10.6. The fourth-order valence-electron chi connectivity index (χ4n) is 3.48. The Labute approximate surface area is 180 Å². The van der Waals surface area contributed by atoms with Crippen LogP contribution < -0.4 is 10.7 Å². The molecule has 0 radical (unpaired) electrons. The molecular weight excluding hydrogens is 422 g/mol. The van der Waals surface area contributed by atoms with Gasteiger partial charge in [-0.3, -0.25) is 9.59 Å². The fourth-order valence-corrected chi connectivity index (χ4v) is 4.77. The average molecular weight is 441 g/mol. The van der Waals surface area contributed by atoms with Gasteiger partial charge >= 0.3 is 11.9 Å². The first-order chi connectivity index (χ1) is 15.0. The van der Waals surface area contributed by atoms with Crippen LogP contribution in [0.2, 0.25) is 0 Å². The van der Waals surface area contributed by atoms with Crippen LogP contribution in [-0.2, 0) is 27.1 Å². The van der Waals surface area contributed by atoms with Crippen molar-refractivity contribution in [1.29, 1.82) is 0 Å². The number of esters is 2. The molecule has 1 aliphatic carbocycles. The van der Waals surface area contributed by atoms with Crippen LogP contribution in [0.3, 0.4) is 0 Å². The molecular formula is C22H19NO7S. The van der Waals surface area contributed by atoms with E-state index in [0.29, 0.717) is 16.0 Å². The quantitative estimate of drug-likeness (QED) is 0.584. The van der Waals surface area contributed by atoms with E-state index < -0.39 is 24.5 Å². The maximum atomic E-state index is 12.4. The first-order valence-electron chi connectivity index (χ1n) is 9.79. The molecule has 1 aromatic carbocycles. The molecule has 0 saturated heterocycles. The molecule has 31 heavy (non-hydrogen) atoms. The highest BCUT2D eigenvalue weighted by atomic mass is 32.1. The summed E-state index contributed by atoms with van der Waals surface area (Å²) in [7, 11) is 0. The SMILES string of the molecule is CCOC(=O)c1c(NC(=O)COC(=O)c2cc(=O)c3ccccc3o2)sc2c1CCC2. The monoisotopic (exact) mass is 441 g/mol. The fraction of sp³-hybridized carbons (Fsp3) is 0.273. The van der Waals surface area contributed by atoms with E-state index >= 15 is 0 Å². The first kappa shape index (κ1) is 20.8. The number of thiophene rings is 1. The third-order valence-electron chi connectivity index (χ3n) is 4.82. The van der Waals surface area contributed by atoms with Crippen molar-refractivity contribution in [2.45, 2.75) is 26.2 Å². The number of hydrogen-bond acceptors (Lipinski definition) is 8. The Morgan fingerprint density at radius 2 is 1.94 bits per heavy atom. The smallest absolute Gasteiger partial charge is 0.374 e. The minimum Gasteiger partial charge on any atom is -0.462 e. The van der Waals surface area contributed by atoms with Crippen molar-refractivity contribution in [3.05, 3.63) is 62.3 Å². The summed E-state index contributed by atoms with van der Waals surface area (Å²) in [6.45, 7) is 1.35. The number of benzene rings is 1. The van der Waals surface area contributed by atoms with Crippen molar-refractivity contribution in [2.75, 3.05) is 18.5 Å². The number of anilines is 1. The summed E-state index contributed by atoms with van der Waals surface area (Å²) < 4.78 is 15.5. The van der Waals surface area contributed by atoms with Crippen LogP contribution in [-0.4, -0.2) is 31.1 Å². The van der Waals surface area contributed by atoms with Crippen molar-refractivity contribution >= 4 is 45.2 Å². The minimum absolute atomic E-state index is 0.228. The summed E-state index contributed by atoms with van der Waals surface area (Å²) in [6, 6.07) is 7.54. The molecule has 9 heteroatoms. The normalized spacial score (nSPS) is 12.4. The lowest BCUT2D eigenvalue weighted by Crippen LogP contribution is -2.22. The summed E-state index contributed by atoms with van der Waals surface area (Å²) in [5.41, 5.74) is 1.15. The zero-order valence-corrected chi connectivity index (χ0v) is 17.5. The molecule has 1 amide bonds. The molecule has 0 saturated carbocycles. The Hall–Kier alpha value is -3.46. The number of aryl methyl sites for hydroxylation is 1. The number of fused-ring (bicyclic) bond motifs is 2. The number of ether oxygens (including phenoxy) is 2. The van der Waals surface area contributed by atoms with Crippen LogP contribution >= 0.6 is 11.3 Å². The van der Waals surface area contributed by atoms with Gasteiger partial charge in [0, 0.05) is 10.9 Å². The Bertz CT molecular complexity index is 1240. The zero-order chi connectivity index (χ0) is 22.0. The van der Waals surface area contributed by atoms with E-state index in [-0.39, 0.29) is 23.4 Å². The van der Waals surface area contributed by atoms with E-state index in [1.807, 2.05) is 0 Å². The highest BCUT2D eigenvalue weighted by molar-refractivity contribution is 7.17. The lowest BCUT2D eigenvalue weighted by atomic mass is 10.1. The number of para-hydroxylation sites is 1. The van der Waals surface area contributed by atoms with Crippen molar-refractivity contribution in [3.63, 3.8) is 0 Å². The highest BCUT2D eigenvalue weighted by Gasteiger charge is 2.28. The van der Waals surface area contributed by atoms with Gasteiger partial charge in [-0.2, -0.15) is 0 Å². The molecule has 4 rings (SSSR count). The van der Waals surface area contributed by atoms with Crippen molar-refractivity contribution in [2.24, 2.45) is 0 Å². The third-order valence-corrected chi connectivity index (χ3v) is 6.03. The molecule has 0 atom stereocenters. The number of rotatable bonds is 6. The second kappa shape index (κ2) is 8.73. The number of nitrogens with one attached hydrogen (secondary N) is 1. The van der Waals surface area contributed by atoms with E-state index in [9.17, 15) is 19.2 Å². The van der Waals surface area contributed by atoms with E-state index in [0.717, 1.165) is 35.8 Å². The summed E-state index contributed by atoms with van der Waals surface area (Å²) >= 11 is 1.33. The third kappa shape index (κ3) is 4.22. The lowest BCUT2D eigenvalue weighted by Gasteiger charge is -2.08. The molecule has 1 aliphatic rings. The number of carbonyl (C=O) groups is 3. The zero-order valence-electron chi connectivity index (χ0n) is 16.7. The Kier molecular flexibility index (Phi) is 5.85. The molecule has 160 valence electrons. The molecule has 0 spiro atoms. The van der Waals surface area contributed by atoms with Crippen LogP contribution in [0.4, 0.5) is 5.00 Å². The molecule has 0 unspecified atom stereocenters. The highest BCUT2D eigenvalue weighted by Crippen LogP contribution is 2.39. The van der Waals surface area contributed by atoms with Gasteiger partial charge in [-0.05, 0) is 43.9 Å². The van der Waals surface area contributed by atoms with Crippen LogP contribution in [0, 0.1) is 0 Å². The van der Waals surface area contributed by atoms with Gasteiger partial charge < -0.3 is 19.2 Å². The average Bonchev–Trinajstić information content (AvgIpc) is 3.33. The van der Waals surface area contributed by atoms with Crippen LogP contribution in [0.25, 0.3) is 11.0 Å².